The first-order valence-corrected chi connectivity index (χ1v) is 6.80. The molecule has 0 saturated carbocycles. The zero-order valence-corrected chi connectivity index (χ0v) is 12.1. The normalized spacial score (nSPS) is 11.9. The highest BCUT2D eigenvalue weighted by Crippen LogP contribution is 2.30. The highest BCUT2D eigenvalue weighted by atomic mass is 14.9. The Labute approximate surface area is 118 Å². The van der Waals surface area contributed by atoms with Gasteiger partial charge >= 0.3 is 0 Å². The molecule has 0 aliphatic rings. The van der Waals surface area contributed by atoms with E-state index in [1.54, 1.807) is 0 Å². The van der Waals surface area contributed by atoms with Crippen molar-refractivity contribution in [3.63, 3.8) is 0 Å². The zero-order valence-electron chi connectivity index (χ0n) is 12.1. The molecule has 3 aromatic rings. The summed E-state index contributed by atoms with van der Waals surface area (Å²) in [5.41, 5.74) is 11.0. The lowest BCUT2D eigenvalue weighted by Crippen LogP contribution is -2.11. The third-order valence-electron chi connectivity index (χ3n) is 3.50. The molecular weight excluding hydrogens is 246 g/mol. The molecule has 0 atom stereocenters. The van der Waals surface area contributed by atoms with Crippen molar-refractivity contribution in [1.82, 2.24) is 9.97 Å². The minimum absolute atomic E-state index is 0.0765. The number of fused-ring (bicyclic) bond motifs is 1. The number of nitrogen functional groups attached to an aromatic ring is 1. The Kier molecular flexibility index (Phi) is 2.78. The van der Waals surface area contributed by atoms with Crippen LogP contribution in [-0.4, -0.2) is 9.97 Å². The van der Waals surface area contributed by atoms with Crippen molar-refractivity contribution in [3.05, 3.63) is 48.0 Å². The SMILES string of the molecule is CC(C)(C)c1cccc2[nH]c(-c3ccc(N)cc3)nc12. The van der Waals surface area contributed by atoms with Crippen molar-refractivity contribution in [2.24, 2.45) is 0 Å². The molecule has 1 aromatic heterocycles. The Morgan fingerprint density at radius 2 is 1.70 bits per heavy atom. The average Bonchev–Trinajstić information content (AvgIpc) is 2.81. The number of hydrogen-bond donors (Lipinski definition) is 2. The van der Waals surface area contributed by atoms with Crippen molar-refractivity contribution in [2.75, 3.05) is 5.73 Å². The molecular formula is C17H19N3. The summed E-state index contributed by atoms with van der Waals surface area (Å²) in [6.07, 6.45) is 0. The van der Waals surface area contributed by atoms with E-state index in [1.807, 2.05) is 24.3 Å². The number of nitrogens with two attached hydrogens (primary N) is 1. The van der Waals surface area contributed by atoms with Crippen LogP contribution in [0.4, 0.5) is 5.69 Å². The largest absolute Gasteiger partial charge is 0.399 e. The van der Waals surface area contributed by atoms with Crippen LogP contribution < -0.4 is 5.73 Å². The second kappa shape index (κ2) is 4.37. The van der Waals surface area contributed by atoms with E-state index < -0.39 is 0 Å². The fourth-order valence-electron chi connectivity index (χ4n) is 2.42. The van der Waals surface area contributed by atoms with Crippen molar-refractivity contribution in [2.45, 2.75) is 26.2 Å². The number of benzene rings is 2. The monoisotopic (exact) mass is 265 g/mol. The molecule has 102 valence electrons. The Balaban J connectivity index is 2.18. The van der Waals surface area contributed by atoms with Gasteiger partial charge in [-0.05, 0) is 41.3 Å². The van der Waals surface area contributed by atoms with E-state index in [9.17, 15) is 0 Å². The molecule has 0 amide bonds. The van der Waals surface area contributed by atoms with Gasteiger partial charge in [0.15, 0.2) is 0 Å². The van der Waals surface area contributed by atoms with Gasteiger partial charge in [0, 0.05) is 11.3 Å². The Hall–Kier alpha value is -2.29. The van der Waals surface area contributed by atoms with Crippen LogP contribution in [0, 0.1) is 0 Å². The van der Waals surface area contributed by atoms with Crippen molar-refractivity contribution < 1.29 is 0 Å². The van der Waals surface area contributed by atoms with E-state index in [1.165, 1.54) is 5.56 Å². The second-order valence-electron chi connectivity index (χ2n) is 6.16. The van der Waals surface area contributed by atoms with E-state index in [-0.39, 0.29) is 5.41 Å². The maximum atomic E-state index is 5.73. The molecule has 0 spiro atoms. The van der Waals surface area contributed by atoms with Gasteiger partial charge in [0.25, 0.3) is 0 Å². The molecule has 0 saturated heterocycles. The summed E-state index contributed by atoms with van der Waals surface area (Å²) in [5, 5.41) is 0. The summed E-state index contributed by atoms with van der Waals surface area (Å²) in [6, 6.07) is 14.1. The Morgan fingerprint density at radius 3 is 2.35 bits per heavy atom. The molecule has 0 radical (unpaired) electrons. The molecule has 3 N–H and O–H groups in total. The topological polar surface area (TPSA) is 54.7 Å². The second-order valence-corrected chi connectivity index (χ2v) is 6.16. The van der Waals surface area contributed by atoms with Crippen LogP contribution in [0.1, 0.15) is 26.3 Å². The van der Waals surface area contributed by atoms with Gasteiger partial charge in [0.1, 0.15) is 5.82 Å². The van der Waals surface area contributed by atoms with Gasteiger partial charge < -0.3 is 10.7 Å². The lowest BCUT2D eigenvalue weighted by Gasteiger charge is -2.19. The van der Waals surface area contributed by atoms with E-state index in [0.29, 0.717) is 0 Å². The zero-order chi connectivity index (χ0) is 14.3. The van der Waals surface area contributed by atoms with Gasteiger partial charge in [-0.2, -0.15) is 0 Å². The van der Waals surface area contributed by atoms with Gasteiger partial charge in [-0.15, -0.1) is 0 Å². The highest BCUT2D eigenvalue weighted by molar-refractivity contribution is 5.83. The molecule has 3 rings (SSSR count). The van der Waals surface area contributed by atoms with Crippen LogP contribution in [-0.2, 0) is 5.41 Å². The van der Waals surface area contributed by atoms with Crippen LogP contribution in [0.15, 0.2) is 42.5 Å². The first-order valence-electron chi connectivity index (χ1n) is 6.80. The van der Waals surface area contributed by atoms with Crippen LogP contribution >= 0.6 is 0 Å². The van der Waals surface area contributed by atoms with Gasteiger partial charge in [-0.3, -0.25) is 0 Å². The smallest absolute Gasteiger partial charge is 0.138 e. The highest BCUT2D eigenvalue weighted by Gasteiger charge is 2.19. The summed E-state index contributed by atoms with van der Waals surface area (Å²) in [6.45, 7) is 6.62. The number of H-pyrrole nitrogens is 1. The molecule has 3 nitrogen and oxygen atoms in total. The molecule has 0 aliphatic carbocycles. The molecule has 0 fully saturated rings. The summed E-state index contributed by atoms with van der Waals surface area (Å²) < 4.78 is 0. The van der Waals surface area contributed by atoms with E-state index in [0.717, 1.165) is 28.1 Å². The Bertz CT molecular complexity index is 746. The number of nitrogens with one attached hydrogen (secondary N) is 1. The minimum Gasteiger partial charge on any atom is -0.399 e. The number of nitrogens with zero attached hydrogens (tertiary/aromatic N) is 1. The third-order valence-corrected chi connectivity index (χ3v) is 3.50. The van der Waals surface area contributed by atoms with E-state index in [2.05, 4.69) is 44.0 Å². The number of hydrogen-bond acceptors (Lipinski definition) is 2. The fraction of sp³-hybridized carbons (Fsp3) is 0.235. The van der Waals surface area contributed by atoms with E-state index >= 15 is 0 Å². The molecule has 0 bridgehead atoms. The van der Waals surface area contributed by atoms with Crippen LogP contribution in [0.5, 0.6) is 0 Å². The fourth-order valence-corrected chi connectivity index (χ4v) is 2.42. The summed E-state index contributed by atoms with van der Waals surface area (Å²) in [5.74, 6) is 0.886. The summed E-state index contributed by atoms with van der Waals surface area (Å²) in [7, 11) is 0. The minimum atomic E-state index is 0.0765. The lowest BCUT2D eigenvalue weighted by atomic mass is 9.86. The van der Waals surface area contributed by atoms with Crippen molar-refractivity contribution >= 4 is 16.7 Å². The maximum absolute atomic E-state index is 5.73. The summed E-state index contributed by atoms with van der Waals surface area (Å²) >= 11 is 0. The standard InChI is InChI=1S/C17H19N3/c1-17(2,3)13-5-4-6-14-15(13)20-16(19-14)11-7-9-12(18)10-8-11/h4-10H,18H2,1-3H3,(H,19,20). The molecule has 0 unspecified atom stereocenters. The number of imidazole rings is 1. The maximum Gasteiger partial charge on any atom is 0.138 e. The predicted octanol–water partition coefficient (Wildman–Crippen LogP) is 4.11. The van der Waals surface area contributed by atoms with Gasteiger partial charge in [-0.25, -0.2) is 4.98 Å². The number of anilines is 1. The average molecular weight is 265 g/mol. The predicted molar refractivity (Wildman–Crippen MR) is 84.6 cm³/mol. The number of para-hydroxylation sites is 1. The first-order chi connectivity index (χ1) is 9.45. The van der Waals surface area contributed by atoms with Crippen LogP contribution in [0.3, 0.4) is 0 Å². The molecule has 20 heavy (non-hydrogen) atoms. The van der Waals surface area contributed by atoms with E-state index in [4.69, 9.17) is 10.7 Å². The lowest BCUT2D eigenvalue weighted by molar-refractivity contribution is 0.595. The van der Waals surface area contributed by atoms with Crippen molar-refractivity contribution in [3.8, 4) is 11.4 Å². The summed E-state index contributed by atoms with van der Waals surface area (Å²) in [4.78, 5) is 8.17. The van der Waals surface area contributed by atoms with Crippen molar-refractivity contribution in [1.29, 1.82) is 0 Å². The molecule has 3 heteroatoms. The molecule has 1 heterocycles. The number of aromatic nitrogens is 2. The quantitative estimate of drug-likeness (QED) is 0.650. The third kappa shape index (κ3) is 2.16. The van der Waals surface area contributed by atoms with Crippen LogP contribution in [0.2, 0.25) is 0 Å². The van der Waals surface area contributed by atoms with Gasteiger partial charge in [0.05, 0.1) is 11.0 Å². The molecule has 0 aliphatic heterocycles. The number of rotatable bonds is 1. The Morgan fingerprint density at radius 1 is 1.00 bits per heavy atom. The molecule has 2 aromatic carbocycles. The first kappa shape index (κ1) is 12.7. The van der Waals surface area contributed by atoms with Gasteiger partial charge in [-0.1, -0.05) is 32.9 Å². The number of aromatic amines is 1. The van der Waals surface area contributed by atoms with Gasteiger partial charge in [0.2, 0.25) is 0 Å². The van der Waals surface area contributed by atoms with Crippen LogP contribution in [0.25, 0.3) is 22.4 Å².